The summed E-state index contributed by atoms with van der Waals surface area (Å²) < 4.78 is 0. The van der Waals surface area contributed by atoms with Gasteiger partial charge in [0.05, 0.1) is 0 Å². The minimum atomic E-state index is 0.183. The third kappa shape index (κ3) is 2.58. The van der Waals surface area contributed by atoms with Gasteiger partial charge in [-0.1, -0.05) is 13.8 Å². The van der Waals surface area contributed by atoms with Crippen LogP contribution in [0, 0.1) is 0 Å². The maximum Gasteiger partial charge on any atom is 0.160 e. The number of nitrogens with one attached hydrogen (secondary N) is 1. The fourth-order valence-corrected chi connectivity index (χ4v) is 3.95. The zero-order valence-electron chi connectivity index (χ0n) is 13.9. The van der Waals surface area contributed by atoms with Crippen molar-refractivity contribution in [3.63, 3.8) is 0 Å². The van der Waals surface area contributed by atoms with Crippen LogP contribution in [0.5, 0.6) is 0 Å². The summed E-state index contributed by atoms with van der Waals surface area (Å²) in [5.74, 6) is 0.183. The molecule has 0 amide bonds. The fourth-order valence-electron chi connectivity index (χ4n) is 3.95. The summed E-state index contributed by atoms with van der Waals surface area (Å²) in [6.07, 6.45) is 6.59. The van der Waals surface area contributed by atoms with Crippen LogP contribution >= 0.6 is 0 Å². The minimum Gasteiger partial charge on any atom is -0.361 e. The summed E-state index contributed by atoms with van der Waals surface area (Å²) in [6, 6.07) is 4.56. The third-order valence-corrected chi connectivity index (χ3v) is 4.85. The van der Waals surface area contributed by atoms with Crippen molar-refractivity contribution in [3.8, 4) is 0 Å². The molecule has 0 saturated heterocycles. The van der Waals surface area contributed by atoms with Crippen LogP contribution in [0.25, 0.3) is 10.9 Å². The van der Waals surface area contributed by atoms with Crippen LogP contribution in [-0.4, -0.2) is 34.8 Å². The maximum atomic E-state index is 12.0. The molecule has 1 aliphatic carbocycles. The molecule has 1 aliphatic rings. The lowest BCUT2D eigenvalue weighted by Gasteiger charge is -2.34. The molecule has 0 radical (unpaired) electrons. The number of carbonyl (C=O) groups excluding carboxylic acids is 1. The Morgan fingerprint density at radius 2 is 1.95 bits per heavy atom. The quantitative estimate of drug-likeness (QED) is 0.819. The van der Waals surface area contributed by atoms with E-state index in [1.807, 2.05) is 6.07 Å². The Morgan fingerprint density at radius 3 is 2.59 bits per heavy atom. The standard InChI is InChI=1S/C19H26N2O/c1-4-8-21(9-5-2)15-10-14-12-20-18-7-6-16(13(3)22)17(11-15)19(14)18/h6-7,12,15,20H,4-5,8-11H2,1-3H3/t15-/m1/s1. The highest BCUT2D eigenvalue weighted by atomic mass is 16.1. The summed E-state index contributed by atoms with van der Waals surface area (Å²) in [4.78, 5) is 18.0. The number of aromatic amines is 1. The highest BCUT2D eigenvalue weighted by Crippen LogP contribution is 2.34. The first-order valence-electron chi connectivity index (χ1n) is 8.52. The van der Waals surface area contributed by atoms with Gasteiger partial charge in [-0.2, -0.15) is 0 Å². The lowest BCUT2D eigenvalue weighted by atomic mass is 9.84. The first-order chi connectivity index (χ1) is 10.7. The van der Waals surface area contributed by atoms with Crippen LogP contribution in [0.1, 0.15) is 55.1 Å². The monoisotopic (exact) mass is 298 g/mol. The molecule has 3 heteroatoms. The predicted molar refractivity (Wildman–Crippen MR) is 91.7 cm³/mol. The van der Waals surface area contributed by atoms with Gasteiger partial charge in [-0.25, -0.2) is 0 Å². The van der Waals surface area contributed by atoms with E-state index < -0.39 is 0 Å². The highest BCUT2D eigenvalue weighted by Gasteiger charge is 2.28. The lowest BCUT2D eigenvalue weighted by molar-refractivity contribution is 0.101. The first kappa shape index (κ1) is 15.3. The summed E-state index contributed by atoms with van der Waals surface area (Å²) in [5.41, 5.74) is 4.72. The lowest BCUT2D eigenvalue weighted by Crippen LogP contribution is -2.41. The van der Waals surface area contributed by atoms with Gasteiger partial charge in [0.2, 0.25) is 0 Å². The topological polar surface area (TPSA) is 36.1 Å². The summed E-state index contributed by atoms with van der Waals surface area (Å²) >= 11 is 0. The Balaban J connectivity index is 2.02. The van der Waals surface area contributed by atoms with E-state index in [2.05, 4.69) is 36.0 Å². The summed E-state index contributed by atoms with van der Waals surface area (Å²) in [6.45, 7) is 8.46. The molecule has 22 heavy (non-hydrogen) atoms. The van der Waals surface area contributed by atoms with Crippen LogP contribution < -0.4 is 0 Å². The Kier molecular flexibility index (Phi) is 4.34. The van der Waals surface area contributed by atoms with Gasteiger partial charge in [-0.3, -0.25) is 9.69 Å². The van der Waals surface area contributed by atoms with Crippen LogP contribution in [0.15, 0.2) is 18.3 Å². The average molecular weight is 298 g/mol. The minimum absolute atomic E-state index is 0.183. The molecule has 1 N–H and O–H groups in total. The molecule has 0 saturated carbocycles. The van der Waals surface area contributed by atoms with Crippen LogP contribution in [0.2, 0.25) is 0 Å². The largest absolute Gasteiger partial charge is 0.361 e. The van der Waals surface area contributed by atoms with Crippen molar-refractivity contribution in [2.45, 2.75) is 52.5 Å². The van der Waals surface area contributed by atoms with Crippen molar-refractivity contribution in [3.05, 3.63) is 35.0 Å². The molecule has 3 nitrogen and oxygen atoms in total. The molecule has 1 atom stereocenters. The summed E-state index contributed by atoms with van der Waals surface area (Å²) in [5, 5.41) is 1.30. The van der Waals surface area contributed by atoms with Gasteiger partial charge in [0.1, 0.15) is 0 Å². The second-order valence-corrected chi connectivity index (χ2v) is 6.48. The van der Waals surface area contributed by atoms with E-state index in [-0.39, 0.29) is 5.78 Å². The van der Waals surface area contributed by atoms with E-state index in [0.717, 1.165) is 31.5 Å². The Hall–Kier alpha value is -1.61. The Labute approximate surface area is 132 Å². The van der Waals surface area contributed by atoms with Crippen molar-refractivity contribution < 1.29 is 4.79 Å². The van der Waals surface area contributed by atoms with Crippen LogP contribution in [0.3, 0.4) is 0 Å². The molecule has 0 unspecified atom stereocenters. The van der Waals surface area contributed by atoms with Gasteiger partial charge < -0.3 is 4.98 Å². The normalized spacial score (nSPS) is 17.4. The second kappa shape index (κ2) is 6.25. The molecule has 3 rings (SSSR count). The first-order valence-corrected chi connectivity index (χ1v) is 8.52. The smallest absolute Gasteiger partial charge is 0.160 e. The number of benzene rings is 1. The Bertz CT molecular complexity index is 680. The molecule has 0 spiro atoms. The average Bonchev–Trinajstić information content (AvgIpc) is 2.91. The molecule has 0 aliphatic heterocycles. The molecule has 1 aromatic carbocycles. The second-order valence-electron chi connectivity index (χ2n) is 6.48. The van der Waals surface area contributed by atoms with Gasteiger partial charge in [0, 0.05) is 28.7 Å². The SMILES string of the molecule is CCCN(CCC)[C@@H]1Cc2c[nH]c3ccc(C(C)=O)c(c23)C1. The van der Waals surface area contributed by atoms with E-state index in [1.165, 1.54) is 34.9 Å². The van der Waals surface area contributed by atoms with Crippen molar-refractivity contribution in [2.24, 2.45) is 0 Å². The van der Waals surface area contributed by atoms with Crippen LogP contribution in [-0.2, 0) is 12.8 Å². The molecule has 2 aromatic rings. The van der Waals surface area contributed by atoms with Gasteiger partial charge in [-0.05, 0) is 69.0 Å². The van der Waals surface area contributed by atoms with E-state index in [9.17, 15) is 4.79 Å². The molecular weight excluding hydrogens is 272 g/mol. The van der Waals surface area contributed by atoms with E-state index in [0.29, 0.717) is 6.04 Å². The number of nitrogens with zero attached hydrogens (tertiary/aromatic N) is 1. The fraction of sp³-hybridized carbons (Fsp3) is 0.526. The number of hydrogen-bond acceptors (Lipinski definition) is 2. The molecule has 118 valence electrons. The molecule has 1 aromatic heterocycles. The van der Waals surface area contributed by atoms with Gasteiger partial charge in [0.15, 0.2) is 5.78 Å². The zero-order chi connectivity index (χ0) is 15.7. The number of Topliss-reactive ketones (excluding diaryl/α,β-unsaturated/α-hetero) is 1. The Morgan fingerprint density at radius 1 is 1.23 bits per heavy atom. The third-order valence-electron chi connectivity index (χ3n) is 4.85. The van der Waals surface area contributed by atoms with E-state index >= 15 is 0 Å². The molecular formula is C19H26N2O. The van der Waals surface area contributed by atoms with Crippen molar-refractivity contribution in [2.75, 3.05) is 13.1 Å². The number of ketones is 1. The number of aromatic nitrogens is 1. The number of rotatable bonds is 6. The molecule has 0 bridgehead atoms. The van der Waals surface area contributed by atoms with Crippen LogP contribution in [0.4, 0.5) is 0 Å². The van der Waals surface area contributed by atoms with Crippen molar-refractivity contribution >= 4 is 16.7 Å². The number of hydrogen-bond donors (Lipinski definition) is 1. The van der Waals surface area contributed by atoms with Gasteiger partial charge >= 0.3 is 0 Å². The maximum absolute atomic E-state index is 12.0. The summed E-state index contributed by atoms with van der Waals surface area (Å²) in [7, 11) is 0. The predicted octanol–water partition coefficient (Wildman–Crippen LogP) is 3.96. The van der Waals surface area contributed by atoms with Gasteiger partial charge in [0.25, 0.3) is 0 Å². The van der Waals surface area contributed by atoms with E-state index in [4.69, 9.17) is 0 Å². The number of carbonyl (C=O) groups is 1. The van der Waals surface area contributed by atoms with Gasteiger partial charge in [-0.15, -0.1) is 0 Å². The van der Waals surface area contributed by atoms with Crippen molar-refractivity contribution in [1.29, 1.82) is 0 Å². The number of H-pyrrole nitrogens is 1. The van der Waals surface area contributed by atoms with Crippen molar-refractivity contribution in [1.82, 2.24) is 9.88 Å². The van der Waals surface area contributed by atoms with E-state index in [1.54, 1.807) is 6.92 Å². The molecule has 1 heterocycles. The zero-order valence-corrected chi connectivity index (χ0v) is 13.9. The molecule has 0 fully saturated rings. The highest BCUT2D eigenvalue weighted by molar-refractivity contribution is 6.02.